The third-order valence-electron chi connectivity index (χ3n) is 4.16. The minimum Gasteiger partial charge on any atom is -0.444 e. The Morgan fingerprint density at radius 1 is 1.27 bits per heavy atom. The lowest BCUT2D eigenvalue weighted by Gasteiger charge is -2.51. The van der Waals surface area contributed by atoms with Crippen LogP contribution in [0.2, 0.25) is 0 Å². The molecule has 1 aromatic rings. The maximum absolute atomic E-state index is 11.9. The lowest BCUT2D eigenvalue weighted by molar-refractivity contribution is -0.124. The lowest BCUT2D eigenvalue weighted by Crippen LogP contribution is -2.62. The molecule has 0 heterocycles. The highest BCUT2D eigenvalue weighted by atomic mass is 16.6. The summed E-state index contributed by atoms with van der Waals surface area (Å²) in [6, 6.07) is 10.2. The number of carbonyl (C=O) groups excluding carboxylic acids is 1. The number of benzene rings is 1. The number of amides is 1. The van der Waals surface area contributed by atoms with E-state index < -0.39 is 5.60 Å². The molecule has 1 N–H and O–H groups in total. The van der Waals surface area contributed by atoms with E-state index >= 15 is 0 Å². The summed E-state index contributed by atoms with van der Waals surface area (Å²) in [5.41, 5.74) is 0.606. The number of carbonyl (C=O) groups is 1. The minimum atomic E-state index is -0.471. The summed E-state index contributed by atoms with van der Waals surface area (Å²) >= 11 is 0. The molecule has 1 aliphatic rings. The van der Waals surface area contributed by atoms with Crippen LogP contribution in [0.1, 0.15) is 46.6 Å². The fourth-order valence-electron chi connectivity index (χ4n) is 2.63. The van der Waals surface area contributed by atoms with Crippen molar-refractivity contribution in [3.05, 3.63) is 35.9 Å². The van der Waals surface area contributed by atoms with Crippen LogP contribution in [0.25, 0.3) is 0 Å². The minimum absolute atomic E-state index is 0.0862. The molecule has 1 saturated carbocycles. The number of alkyl carbamates (subject to hydrolysis) is 1. The molecule has 4 heteroatoms. The molecule has 0 radical (unpaired) electrons. The van der Waals surface area contributed by atoms with Crippen molar-refractivity contribution < 1.29 is 14.3 Å². The maximum Gasteiger partial charge on any atom is 0.407 e. The average Bonchev–Trinajstić information content (AvgIpc) is 2.41. The normalized spacial score (nSPS) is 23.5. The number of hydrogen-bond acceptors (Lipinski definition) is 3. The van der Waals surface area contributed by atoms with E-state index in [9.17, 15) is 4.79 Å². The molecule has 0 saturated heterocycles. The van der Waals surface area contributed by atoms with Gasteiger partial charge in [-0.1, -0.05) is 44.2 Å². The number of rotatable bonds is 4. The fourth-order valence-corrected chi connectivity index (χ4v) is 2.63. The van der Waals surface area contributed by atoms with Crippen molar-refractivity contribution in [3.63, 3.8) is 0 Å². The van der Waals surface area contributed by atoms with Crippen LogP contribution < -0.4 is 5.32 Å². The van der Waals surface area contributed by atoms with Gasteiger partial charge in [-0.3, -0.25) is 0 Å². The molecule has 2 rings (SSSR count). The summed E-state index contributed by atoms with van der Waals surface area (Å²) in [6.07, 6.45) is 0.610. The van der Waals surface area contributed by atoms with E-state index in [0.29, 0.717) is 6.61 Å². The van der Waals surface area contributed by atoms with Gasteiger partial charge in [-0.15, -0.1) is 0 Å². The summed E-state index contributed by atoms with van der Waals surface area (Å²) in [5, 5.41) is 2.95. The second-order valence-corrected chi connectivity index (χ2v) is 7.54. The molecule has 1 aromatic carbocycles. The Hall–Kier alpha value is -1.55. The second kappa shape index (κ2) is 6.29. The van der Waals surface area contributed by atoms with Crippen molar-refractivity contribution >= 4 is 6.09 Å². The summed E-state index contributed by atoms with van der Waals surface area (Å²) < 4.78 is 11.3. The molecule has 0 aromatic heterocycles. The van der Waals surface area contributed by atoms with E-state index in [0.717, 1.165) is 6.42 Å². The van der Waals surface area contributed by atoms with Crippen LogP contribution in [-0.4, -0.2) is 23.8 Å². The molecular formula is C18H27NO3. The zero-order chi connectivity index (χ0) is 16.4. The van der Waals surface area contributed by atoms with Crippen LogP contribution in [0.5, 0.6) is 0 Å². The number of ether oxygens (including phenoxy) is 2. The Bertz CT molecular complexity index is 505. The van der Waals surface area contributed by atoms with Gasteiger partial charge in [-0.2, -0.15) is 0 Å². The summed E-state index contributed by atoms with van der Waals surface area (Å²) in [7, 11) is 0. The monoisotopic (exact) mass is 305 g/mol. The van der Waals surface area contributed by atoms with Crippen LogP contribution >= 0.6 is 0 Å². The van der Waals surface area contributed by atoms with Crippen molar-refractivity contribution in [2.45, 2.75) is 65.4 Å². The van der Waals surface area contributed by atoms with Crippen molar-refractivity contribution in [3.8, 4) is 0 Å². The Balaban J connectivity index is 1.81. The molecule has 0 aliphatic heterocycles. The van der Waals surface area contributed by atoms with E-state index in [2.05, 4.69) is 31.3 Å². The highest BCUT2D eigenvalue weighted by Gasteiger charge is 2.50. The van der Waals surface area contributed by atoms with Gasteiger partial charge >= 0.3 is 6.09 Å². The van der Waals surface area contributed by atoms with Gasteiger partial charge in [-0.05, 0) is 32.8 Å². The van der Waals surface area contributed by atoms with Crippen LogP contribution in [0.15, 0.2) is 30.3 Å². The highest BCUT2D eigenvalue weighted by molar-refractivity contribution is 5.68. The van der Waals surface area contributed by atoms with Crippen LogP contribution in [0, 0.1) is 5.41 Å². The van der Waals surface area contributed by atoms with Gasteiger partial charge in [0, 0.05) is 11.5 Å². The molecule has 0 bridgehead atoms. The Morgan fingerprint density at radius 2 is 1.91 bits per heavy atom. The second-order valence-electron chi connectivity index (χ2n) is 7.54. The average molecular weight is 305 g/mol. The van der Waals surface area contributed by atoms with Crippen LogP contribution in [-0.2, 0) is 16.1 Å². The highest BCUT2D eigenvalue weighted by Crippen LogP contribution is 2.43. The first kappa shape index (κ1) is 16.8. The van der Waals surface area contributed by atoms with Crippen LogP contribution in [0.3, 0.4) is 0 Å². The zero-order valence-electron chi connectivity index (χ0n) is 14.2. The van der Waals surface area contributed by atoms with Gasteiger partial charge in [0.2, 0.25) is 0 Å². The summed E-state index contributed by atoms with van der Waals surface area (Å²) in [5.74, 6) is 0. The van der Waals surface area contributed by atoms with E-state index in [1.165, 1.54) is 5.56 Å². The molecule has 1 aliphatic carbocycles. The SMILES string of the molecule is CC(C)(C)OC(=O)NC1CC(OCc2ccccc2)C1(C)C. The Labute approximate surface area is 133 Å². The molecule has 122 valence electrons. The first-order chi connectivity index (χ1) is 10.2. The summed E-state index contributed by atoms with van der Waals surface area (Å²) in [6.45, 7) is 10.4. The molecule has 22 heavy (non-hydrogen) atoms. The van der Waals surface area contributed by atoms with Crippen molar-refractivity contribution in [2.24, 2.45) is 5.41 Å². The quantitative estimate of drug-likeness (QED) is 0.918. The first-order valence-electron chi connectivity index (χ1n) is 7.83. The molecule has 2 atom stereocenters. The first-order valence-corrected chi connectivity index (χ1v) is 7.83. The number of hydrogen-bond donors (Lipinski definition) is 1. The fraction of sp³-hybridized carbons (Fsp3) is 0.611. The van der Waals surface area contributed by atoms with Crippen molar-refractivity contribution in [2.75, 3.05) is 0 Å². The third kappa shape index (κ3) is 4.23. The predicted molar refractivity (Wildman–Crippen MR) is 86.6 cm³/mol. The molecule has 1 fully saturated rings. The van der Waals surface area contributed by atoms with Gasteiger partial charge in [0.1, 0.15) is 5.60 Å². The predicted octanol–water partition coefficient (Wildman–Crippen LogP) is 3.90. The topological polar surface area (TPSA) is 47.6 Å². The summed E-state index contributed by atoms with van der Waals surface area (Å²) in [4.78, 5) is 11.9. The van der Waals surface area contributed by atoms with Gasteiger partial charge in [0.25, 0.3) is 0 Å². The van der Waals surface area contributed by atoms with Crippen molar-refractivity contribution in [1.29, 1.82) is 0 Å². The maximum atomic E-state index is 11.9. The van der Waals surface area contributed by atoms with E-state index in [1.54, 1.807) is 0 Å². The molecular weight excluding hydrogens is 278 g/mol. The largest absolute Gasteiger partial charge is 0.444 e. The molecule has 4 nitrogen and oxygen atoms in total. The van der Waals surface area contributed by atoms with E-state index in [1.807, 2.05) is 39.0 Å². The lowest BCUT2D eigenvalue weighted by atomic mass is 9.64. The van der Waals surface area contributed by atoms with Gasteiger partial charge < -0.3 is 14.8 Å². The van der Waals surface area contributed by atoms with Crippen molar-refractivity contribution in [1.82, 2.24) is 5.32 Å². The smallest absolute Gasteiger partial charge is 0.407 e. The number of nitrogens with one attached hydrogen (secondary N) is 1. The van der Waals surface area contributed by atoms with Crippen LogP contribution in [0.4, 0.5) is 4.79 Å². The Kier molecular flexibility index (Phi) is 4.81. The molecule has 0 spiro atoms. The van der Waals surface area contributed by atoms with E-state index in [-0.39, 0.29) is 23.7 Å². The zero-order valence-corrected chi connectivity index (χ0v) is 14.2. The van der Waals surface area contributed by atoms with E-state index in [4.69, 9.17) is 9.47 Å². The Morgan fingerprint density at radius 3 is 2.45 bits per heavy atom. The van der Waals surface area contributed by atoms with Gasteiger partial charge in [0.15, 0.2) is 0 Å². The van der Waals surface area contributed by atoms with Gasteiger partial charge in [0.05, 0.1) is 12.7 Å². The standard InChI is InChI=1S/C18H27NO3/c1-17(2,3)22-16(20)19-14-11-15(18(14,4)5)21-12-13-9-7-6-8-10-13/h6-10,14-15H,11-12H2,1-5H3,(H,19,20). The molecule has 1 amide bonds. The molecule has 2 unspecified atom stereocenters. The van der Waals surface area contributed by atoms with Gasteiger partial charge in [-0.25, -0.2) is 4.79 Å². The third-order valence-corrected chi connectivity index (χ3v) is 4.16.